The number of morpholine rings is 1. The highest BCUT2D eigenvalue weighted by atomic mass is 35.5. The number of nitrogens with one attached hydrogen (secondary N) is 1. The monoisotopic (exact) mass is 348 g/mol. The van der Waals surface area contributed by atoms with Gasteiger partial charge in [0.2, 0.25) is 5.91 Å². The molecule has 5 heteroatoms. The summed E-state index contributed by atoms with van der Waals surface area (Å²) in [6.45, 7) is 4.06. The van der Waals surface area contributed by atoms with Gasteiger partial charge in [-0.05, 0) is 29.7 Å². The largest absolute Gasteiger partial charge is 0.375 e. The Morgan fingerprint density at radius 3 is 2.79 bits per heavy atom. The van der Waals surface area contributed by atoms with E-state index in [1.54, 1.807) is 0 Å². The van der Waals surface area contributed by atoms with Gasteiger partial charge in [0.15, 0.2) is 0 Å². The zero-order valence-electron chi connectivity index (χ0n) is 14.2. The lowest BCUT2D eigenvalue weighted by Gasteiger charge is -2.32. The second kappa shape index (κ2) is 8.47. The lowest BCUT2D eigenvalue weighted by Crippen LogP contribution is -2.55. The van der Waals surface area contributed by atoms with E-state index in [0.717, 1.165) is 13.0 Å². The number of hydrogen-bond acceptors (Lipinski definition) is 3. The van der Waals surface area contributed by atoms with Gasteiger partial charge in [0, 0.05) is 20.1 Å². The van der Waals surface area contributed by atoms with Gasteiger partial charge in [-0.25, -0.2) is 0 Å². The van der Waals surface area contributed by atoms with Crippen LogP contribution in [0.4, 0.5) is 0 Å². The van der Waals surface area contributed by atoms with Gasteiger partial charge in [0.05, 0.1) is 12.7 Å². The third-order valence-corrected chi connectivity index (χ3v) is 4.56. The lowest BCUT2D eigenvalue weighted by atomic mass is 10.0. The molecule has 0 aromatic heterocycles. The quantitative estimate of drug-likeness (QED) is 0.923. The highest BCUT2D eigenvalue weighted by Crippen LogP contribution is 2.19. The fraction of sp³-hybridized carbons (Fsp3) is 0.421. The number of nitrogens with zero attached hydrogens (tertiary/aromatic N) is 1. The summed E-state index contributed by atoms with van der Waals surface area (Å²) >= 11 is 0. The van der Waals surface area contributed by atoms with Gasteiger partial charge in [0.25, 0.3) is 0 Å². The zero-order chi connectivity index (χ0) is 16.2. The molecule has 0 aliphatic carbocycles. The molecule has 1 heterocycles. The number of amides is 1. The van der Waals surface area contributed by atoms with Crippen LogP contribution in [0.5, 0.6) is 0 Å². The normalized spacial score (nSPS) is 20.4. The van der Waals surface area contributed by atoms with E-state index in [0.29, 0.717) is 13.2 Å². The number of likely N-dealkylation sites (N-methyl/N-ethyl adjacent to an activating group) is 1. The number of carbonyl (C=O) groups excluding carboxylic acids is 1. The molecule has 130 valence electrons. The molecule has 0 unspecified atom stereocenters. The number of benzene rings is 2. The molecule has 0 radical (unpaired) electrons. The molecule has 2 atom stereocenters. The van der Waals surface area contributed by atoms with Crippen LogP contribution in [0.2, 0.25) is 0 Å². The van der Waals surface area contributed by atoms with Gasteiger partial charge in [-0.2, -0.15) is 0 Å². The summed E-state index contributed by atoms with van der Waals surface area (Å²) in [5.41, 5.74) is 1.28. The molecule has 24 heavy (non-hydrogen) atoms. The summed E-state index contributed by atoms with van der Waals surface area (Å²) in [5.74, 6) is 0.109. The highest BCUT2D eigenvalue weighted by Gasteiger charge is 2.30. The molecule has 2 aromatic rings. The first-order valence-electron chi connectivity index (χ1n) is 8.23. The van der Waals surface area contributed by atoms with Gasteiger partial charge in [-0.15, -0.1) is 12.4 Å². The van der Waals surface area contributed by atoms with Crippen molar-refractivity contribution in [2.24, 2.45) is 0 Å². The summed E-state index contributed by atoms with van der Waals surface area (Å²) < 4.78 is 5.57. The summed E-state index contributed by atoms with van der Waals surface area (Å²) in [7, 11) is 1.87. The molecule has 0 saturated carbocycles. The van der Waals surface area contributed by atoms with Crippen LogP contribution >= 0.6 is 12.4 Å². The van der Waals surface area contributed by atoms with Crippen molar-refractivity contribution in [1.82, 2.24) is 10.2 Å². The van der Waals surface area contributed by atoms with Crippen LogP contribution in [0.1, 0.15) is 12.5 Å². The molecule has 1 N–H and O–H groups in total. The summed E-state index contributed by atoms with van der Waals surface area (Å²) in [4.78, 5) is 14.4. The molecule has 1 amide bonds. The lowest BCUT2D eigenvalue weighted by molar-refractivity contribution is -0.138. The first-order valence-corrected chi connectivity index (χ1v) is 8.23. The smallest absolute Gasteiger partial charge is 0.242 e. The van der Waals surface area contributed by atoms with Crippen LogP contribution in [0.25, 0.3) is 10.8 Å². The Labute approximate surface area is 149 Å². The van der Waals surface area contributed by atoms with E-state index in [4.69, 9.17) is 4.74 Å². The topological polar surface area (TPSA) is 41.6 Å². The molecule has 0 spiro atoms. The molecule has 0 bridgehead atoms. The maximum absolute atomic E-state index is 12.6. The number of fused-ring (bicyclic) bond motifs is 1. The molecular weight excluding hydrogens is 324 g/mol. The molecule has 2 aromatic carbocycles. The van der Waals surface area contributed by atoms with Gasteiger partial charge >= 0.3 is 0 Å². The first kappa shape index (κ1) is 18.7. The molecule has 4 nitrogen and oxygen atoms in total. The zero-order valence-corrected chi connectivity index (χ0v) is 15.0. The van der Waals surface area contributed by atoms with E-state index >= 15 is 0 Å². The van der Waals surface area contributed by atoms with Crippen molar-refractivity contribution < 1.29 is 9.53 Å². The minimum atomic E-state index is -0.235. The average molecular weight is 349 g/mol. The molecule has 1 aliphatic rings. The fourth-order valence-corrected chi connectivity index (χ4v) is 3.16. The minimum Gasteiger partial charge on any atom is -0.375 e. The van der Waals surface area contributed by atoms with E-state index in [1.165, 1.54) is 16.3 Å². The number of halogens is 1. The van der Waals surface area contributed by atoms with Crippen molar-refractivity contribution in [2.75, 3.05) is 26.7 Å². The second-order valence-corrected chi connectivity index (χ2v) is 6.16. The first-order chi connectivity index (χ1) is 11.2. The third-order valence-electron chi connectivity index (χ3n) is 4.56. The average Bonchev–Trinajstić information content (AvgIpc) is 2.59. The van der Waals surface area contributed by atoms with Crippen molar-refractivity contribution in [1.29, 1.82) is 0 Å². The van der Waals surface area contributed by atoms with Crippen LogP contribution in [0.3, 0.4) is 0 Å². The number of rotatable bonds is 4. The Morgan fingerprint density at radius 1 is 1.25 bits per heavy atom. The van der Waals surface area contributed by atoms with Gasteiger partial charge < -0.3 is 15.0 Å². The second-order valence-electron chi connectivity index (χ2n) is 6.16. The van der Waals surface area contributed by atoms with Crippen molar-refractivity contribution in [3.63, 3.8) is 0 Å². The Kier molecular flexibility index (Phi) is 6.60. The SMILES string of the molecule is C[C@H]1OCCN[C@@H]1C(=O)N(C)CCc1cccc2ccccc12.Cl. The van der Waals surface area contributed by atoms with E-state index in [9.17, 15) is 4.79 Å². The third kappa shape index (κ3) is 4.07. The molecular formula is C19H25ClN2O2. The van der Waals surface area contributed by atoms with Crippen LogP contribution in [0, 0.1) is 0 Å². The minimum absolute atomic E-state index is 0. The van der Waals surface area contributed by atoms with Crippen molar-refractivity contribution in [3.8, 4) is 0 Å². The number of ether oxygens (including phenoxy) is 1. The van der Waals surface area contributed by atoms with E-state index in [1.807, 2.05) is 18.9 Å². The Bertz CT molecular complexity index is 687. The highest BCUT2D eigenvalue weighted by molar-refractivity contribution is 5.86. The van der Waals surface area contributed by atoms with Crippen molar-refractivity contribution in [2.45, 2.75) is 25.5 Å². The van der Waals surface area contributed by atoms with E-state index < -0.39 is 0 Å². The van der Waals surface area contributed by atoms with Crippen LogP contribution in [-0.2, 0) is 16.0 Å². The van der Waals surface area contributed by atoms with Crippen molar-refractivity contribution in [3.05, 3.63) is 48.0 Å². The Balaban J connectivity index is 0.00000208. The van der Waals surface area contributed by atoms with Crippen LogP contribution < -0.4 is 5.32 Å². The van der Waals surface area contributed by atoms with E-state index in [-0.39, 0.29) is 30.5 Å². The van der Waals surface area contributed by atoms with Gasteiger partial charge in [0.1, 0.15) is 6.04 Å². The Hall–Kier alpha value is -1.62. The maximum atomic E-state index is 12.6. The van der Waals surface area contributed by atoms with Gasteiger partial charge in [-0.3, -0.25) is 4.79 Å². The van der Waals surface area contributed by atoms with Crippen LogP contribution in [-0.4, -0.2) is 49.7 Å². The number of hydrogen-bond donors (Lipinski definition) is 1. The summed E-state index contributed by atoms with van der Waals surface area (Å²) in [6.07, 6.45) is 0.780. The van der Waals surface area contributed by atoms with Gasteiger partial charge in [-0.1, -0.05) is 42.5 Å². The summed E-state index contributed by atoms with van der Waals surface area (Å²) in [6, 6.07) is 14.5. The standard InChI is InChI=1S/C19H24N2O2.ClH/c1-14-18(20-11-13-23-14)19(22)21(2)12-10-16-8-5-7-15-6-3-4-9-17(15)16;/h3-9,14,18,20H,10-13H2,1-2H3;1H/t14-,18+;/m1./s1. The Morgan fingerprint density at radius 2 is 2.00 bits per heavy atom. The van der Waals surface area contributed by atoms with Crippen LogP contribution in [0.15, 0.2) is 42.5 Å². The molecule has 1 aliphatic heterocycles. The predicted molar refractivity (Wildman–Crippen MR) is 99.7 cm³/mol. The molecule has 1 saturated heterocycles. The molecule has 3 rings (SSSR count). The molecule has 1 fully saturated rings. The fourth-order valence-electron chi connectivity index (χ4n) is 3.16. The maximum Gasteiger partial charge on any atom is 0.242 e. The summed E-state index contributed by atoms with van der Waals surface area (Å²) in [5, 5.41) is 5.77. The van der Waals surface area contributed by atoms with E-state index in [2.05, 4.69) is 47.8 Å². The van der Waals surface area contributed by atoms with Crippen molar-refractivity contribution >= 4 is 29.1 Å². The number of carbonyl (C=O) groups is 1. The predicted octanol–water partition coefficient (Wildman–Crippen LogP) is 2.64.